The third-order valence-corrected chi connectivity index (χ3v) is 13.1. The highest BCUT2D eigenvalue weighted by Gasteiger charge is 2.51. The molecule has 0 fully saturated rings. The number of hydrogen-bond donors (Lipinski definition) is 0. The lowest BCUT2D eigenvalue weighted by Crippen LogP contribution is -2.52. The number of pyridine rings is 2. The number of cyclic esters (lactones) is 1. The summed E-state index contributed by atoms with van der Waals surface area (Å²) in [6.07, 6.45) is 0.440. The van der Waals surface area contributed by atoms with Crippen LogP contribution in [0.3, 0.4) is 0 Å². The van der Waals surface area contributed by atoms with Crippen molar-refractivity contribution in [3.63, 3.8) is 0 Å². The summed E-state index contributed by atoms with van der Waals surface area (Å²) in [4.78, 5) is 29.1. The smallest absolute Gasteiger partial charge is 0.342 e. The third-order valence-electron chi connectivity index (χ3n) is 8.00. The van der Waals surface area contributed by atoms with Crippen LogP contribution in [0.25, 0.3) is 22.3 Å². The van der Waals surface area contributed by atoms with Gasteiger partial charge in [0.05, 0.1) is 28.4 Å². The Hall–Kier alpha value is -2.95. The van der Waals surface area contributed by atoms with Crippen molar-refractivity contribution in [3.05, 3.63) is 61.8 Å². The Morgan fingerprint density at radius 3 is 2.56 bits per heavy atom. The quantitative estimate of drug-likeness (QED) is 0.0910. The van der Waals surface area contributed by atoms with E-state index in [9.17, 15) is 14.9 Å². The molecule has 8 nitrogen and oxygen atoms in total. The number of hydrogen-bond acceptors (Lipinski definition) is 7. The number of benzene rings is 1. The maximum Gasteiger partial charge on any atom is 0.342 e. The molecule has 0 N–H and O–H groups in total. The van der Waals surface area contributed by atoms with Crippen molar-refractivity contribution < 1.29 is 18.9 Å². The van der Waals surface area contributed by atoms with Gasteiger partial charge in [-0.15, -0.1) is 0 Å². The van der Waals surface area contributed by atoms with E-state index in [1.54, 1.807) is 6.07 Å². The Labute approximate surface area is 215 Å². The number of carbonyl (C=O) groups is 1. The molecule has 2 aliphatic rings. The minimum atomic E-state index is -2.20. The Balaban J connectivity index is 1.73. The molecule has 1 aromatic carbocycles. The van der Waals surface area contributed by atoms with Crippen LogP contribution in [0.2, 0.25) is 18.1 Å². The summed E-state index contributed by atoms with van der Waals surface area (Å²) in [5.74, 6) is -0.357. The molecule has 3 aromatic rings. The van der Waals surface area contributed by atoms with Gasteiger partial charge in [0, 0.05) is 34.2 Å². The SMILES string of the molecule is CC[C@@]1(O[Si](CC)(CC)CC)C(=O)OCc2c1cc1n(c2=S)Cc2cc3ccc([N+](=O)[O-])cc3nc2-1. The van der Waals surface area contributed by atoms with Crippen molar-refractivity contribution in [1.82, 2.24) is 9.55 Å². The number of nitro groups is 1. The van der Waals surface area contributed by atoms with E-state index < -0.39 is 18.8 Å². The second-order valence-corrected chi connectivity index (χ2v) is 14.6. The number of nitrogens with zero attached hydrogens (tertiary/aromatic N) is 3. The molecule has 188 valence electrons. The molecule has 36 heavy (non-hydrogen) atoms. The van der Waals surface area contributed by atoms with Crippen LogP contribution < -0.4 is 0 Å². The van der Waals surface area contributed by atoms with E-state index in [2.05, 4.69) is 20.8 Å². The number of non-ortho nitro benzene ring substituents is 1. The molecule has 4 heterocycles. The standard InChI is InChI=1S/C26H29N3O5SSi/c1-5-26(34-36(6-2,7-3)8-4)20-13-22-23-17(14-28(22)24(35)19(20)15-33-25(26)30)11-16-9-10-18(29(31)32)12-21(16)27-23/h9-13H,5-8,14-15H2,1-4H3/t26-/m0/s1. The zero-order chi connectivity index (χ0) is 25.8. The molecule has 2 aromatic heterocycles. The Bertz CT molecular complexity index is 1470. The molecule has 0 saturated heterocycles. The molecule has 0 saturated carbocycles. The molecule has 10 heteroatoms. The number of rotatable bonds is 7. The molecule has 5 rings (SSSR count). The van der Waals surface area contributed by atoms with Gasteiger partial charge in [-0.2, -0.15) is 0 Å². The largest absolute Gasteiger partial charge is 0.458 e. The van der Waals surface area contributed by atoms with Crippen molar-refractivity contribution >= 4 is 43.1 Å². The highest BCUT2D eigenvalue weighted by Crippen LogP contribution is 2.45. The summed E-state index contributed by atoms with van der Waals surface area (Å²) >= 11 is 5.94. The van der Waals surface area contributed by atoms with Crippen molar-refractivity contribution in [1.29, 1.82) is 0 Å². The van der Waals surface area contributed by atoms with Gasteiger partial charge < -0.3 is 13.7 Å². The molecule has 2 aliphatic heterocycles. The fraction of sp³-hybridized carbons (Fsp3) is 0.423. The normalized spacial score (nSPS) is 18.5. The van der Waals surface area contributed by atoms with Gasteiger partial charge >= 0.3 is 5.97 Å². The number of aromatic nitrogens is 2. The molecular weight excluding hydrogens is 494 g/mol. The number of carbonyl (C=O) groups excluding carboxylic acids is 1. The third kappa shape index (κ3) is 3.53. The number of fused-ring (bicyclic) bond motifs is 5. The van der Waals surface area contributed by atoms with Crippen LogP contribution in [0.5, 0.6) is 0 Å². The maximum atomic E-state index is 13.4. The fourth-order valence-corrected chi connectivity index (χ4v) is 8.91. The van der Waals surface area contributed by atoms with Crippen LogP contribution in [0.1, 0.15) is 50.8 Å². The van der Waals surface area contributed by atoms with Crippen molar-refractivity contribution in [2.75, 3.05) is 0 Å². The van der Waals surface area contributed by atoms with Crippen LogP contribution in [-0.4, -0.2) is 28.8 Å². The lowest BCUT2D eigenvalue weighted by molar-refractivity contribution is -0.384. The van der Waals surface area contributed by atoms with Crippen molar-refractivity contribution in [2.24, 2.45) is 0 Å². The lowest BCUT2D eigenvalue weighted by Gasteiger charge is -2.43. The predicted octanol–water partition coefficient (Wildman–Crippen LogP) is 6.39. The molecule has 0 amide bonds. The Kier molecular flexibility index (Phi) is 6.09. The first-order chi connectivity index (χ1) is 17.2. The van der Waals surface area contributed by atoms with Gasteiger partial charge in [-0.3, -0.25) is 10.1 Å². The minimum Gasteiger partial charge on any atom is -0.458 e. The van der Waals surface area contributed by atoms with E-state index in [4.69, 9.17) is 26.4 Å². The molecule has 0 aliphatic carbocycles. The average molecular weight is 524 g/mol. The van der Waals surface area contributed by atoms with Gasteiger partial charge in [-0.1, -0.05) is 39.9 Å². The predicted molar refractivity (Wildman–Crippen MR) is 142 cm³/mol. The summed E-state index contributed by atoms with van der Waals surface area (Å²) in [5.41, 5.74) is 3.44. The second kappa shape index (κ2) is 8.86. The summed E-state index contributed by atoms with van der Waals surface area (Å²) in [6.45, 7) is 9.04. The molecule has 0 radical (unpaired) electrons. The van der Waals surface area contributed by atoms with Crippen LogP contribution in [0, 0.1) is 14.8 Å². The number of ether oxygens (including phenoxy) is 1. The second-order valence-electron chi connectivity index (χ2n) is 9.55. The van der Waals surface area contributed by atoms with E-state index in [1.807, 2.05) is 23.6 Å². The van der Waals surface area contributed by atoms with Crippen molar-refractivity contribution in [3.8, 4) is 11.4 Å². The highest BCUT2D eigenvalue weighted by atomic mass is 32.1. The van der Waals surface area contributed by atoms with Gasteiger partial charge in [0.15, 0.2) is 13.9 Å². The molecule has 0 spiro atoms. The topological polar surface area (TPSA) is 96.5 Å². The van der Waals surface area contributed by atoms with E-state index in [-0.39, 0.29) is 18.3 Å². The summed E-state index contributed by atoms with van der Waals surface area (Å²) in [5, 5.41) is 12.1. The number of nitro benzene ring substituents is 1. The monoisotopic (exact) mass is 523 g/mol. The van der Waals surface area contributed by atoms with E-state index >= 15 is 0 Å². The van der Waals surface area contributed by atoms with E-state index in [1.165, 1.54) is 12.1 Å². The zero-order valence-electron chi connectivity index (χ0n) is 20.9. The Morgan fingerprint density at radius 1 is 1.19 bits per heavy atom. The van der Waals surface area contributed by atoms with Gasteiger partial charge in [0.2, 0.25) is 0 Å². The zero-order valence-corrected chi connectivity index (χ0v) is 22.7. The first-order valence-corrected chi connectivity index (χ1v) is 15.4. The lowest BCUT2D eigenvalue weighted by atomic mass is 9.86. The van der Waals surface area contributed by atoms with E-state index in [0.717, 1.165) is 51.6 Å². The molecule has 0 bridgehead atoms. The van der Waals surface area contributed by atoms with Crippen molar-refractivity contribution in [2.45, 2.75) is 71.0 Å². The number of esters is 1. The van der Waals surface area contributed by atoms with Crippen LogP contribution in [-0.2, 0) is 32.7 Å². The van der Waals surface area contributed by atoms with Crippen LogP contribution in [0.4, 0.5) is 5.69 Å². The first-order valence-electron chi connectivity index (χ1n) is 12.5. The molecular formula is C26H29N3O5SSi. The average Bonchev–Trinajstić information content (AvgIpc) is 3.25. The Morgan fingerprint density at radius 2 is 1.92 bits per heavy atom. The molecule has 0 unspecified atom stereocenters. The first kappa shape index (κ1) is 24.7. The van der Waals surface area contributed by atoms with Gasteiger partial charge in [0.25, 0.3) is 5.69 Å². The fourth-order valence-electron chi connectivity index (χ4n) is 5.57. The maximum absolute atomic E-state index is 13.4. The van der Waals surface area contributed by atoms with Crippen LogP contribution >= 0.6 is 12.2 Å². The van der Waals surface area contributed by atoms with Gasteiger partial charge in [0.1, 0.15) is 11.2 Å². The summed E-state index contributed by atoms with van der Waals surface area (Å²) in [7, 11) is -2.20. The van der Waals surface area contributed by atoms with Gasteiger partial charge in [-0.25, -0.2) is 9.78 Å². The molecule has 1 atom stereocenters. The van der Waals surface area contributed by atoms with Crippen LogP contribution in [0.15, 0.2) is 30.3 Å². The summed E-state index contributed by atoms with van der Waals surface area (Å²) < 4.78 is 15.3. The van der Waals surface area contributed by atoms with E-state index in [0.29, 0.717) is 23.1 Å². The highest BCUT2D eigenvalue weighted by molar-refractivity contribution is 7.71. The minimum absolute atomic E-state index is 0.00337. The van der Waals surface area contributed by atoms with Gasteiger partial charge in [-0.05, 0) is 42.8 Å². The summed E-state index contributed by atoms with van der Waals surface area (Å²) in [6, 6.07) is 11.4.